The first-order valence-electron chi connectivity index (χ1n) is 14.4. The minimum absolute atomic E-state index is 0.599. The van der Waals surface area contributed by atoms with E-state index in [0.29, 0.717) is 5.41 Å². The van der Waals surface area contributed by atoms with Crippen molar-refractivity contribution < 1.29 is 0 Å². The lowest BCUT2D eigenvalue weighted by Gasteiger charge is -2.38. The second-order valence-corrected chi connectivity index (χ2v) is 14.6. The van der Waals surface area contributed by atoms with E-state index in [2.05, 4.69) is 61.5 Å². The van der Waals surface area contributed by atoms with Crippen LogP contribution in [0.15, 0.2) is 11.6 Å². The minimum Gasteiger partial charge on any atom is -0.0779 e. The molecule has 0 aromatic carbocycles. The van der Waals surface area contributed by atoms with Gasteiger partial charge in [-0.05, 0) is 120 Å². The van der Waals surface area contributed by atoms with Gasteiger partial charge in [-0.2, -0.15) is 0 Å². The first kappa shape index (κ1) is 21.3. The van der Waals surface area contributed by atoms with Crippen molar-refractivity contribution in [2.75, 3.05) is 0 Å². The Balaban J connectivity index is 1.34. The fraction of sp³-hybridized carbons (Fsp3) is 0.935. The molecule has 13 atom stereocenters. The smallest absolute Gasteiger partial charge is 0.00529 e. The molecular formula is C31H50. The minimum atomic E-state index is 0.599. The zero-order valence-electron chi connectivity index (χ0n) is 21.8. The lowest BCUT2D eigenvalue weighted by atomic mass is 9.66. The maximum atomic E-state index is 2.95. The van der Waals surface area contributed by atoms with Crippen LogP contribution in [0.25, 0.3) is 0 Å². The Morgan fingerprint density at radius 2 is 1.74 bits per heavy atom. The highest BCUT2D eigenvalue weighted by molar-refractivity contribution is 5.40. The van der Waals surface area contributed by atoms with Gasteiger partial charge in [0.25, 0.3) is 0 Å². The van der Waals surface area contributed by atoms with E-state index in [1.165, 1.54) is 25.7 Å². The summed E-state index contributed by atoms with van der Waals surface area (Å²) >= 11 is 0. The van der Waals surface area contributed by atoms with Crippen LogP contribution in [0, 0.1) is 87.8 Å². The summed E-state index contributed by atoms with van der Waals surface area (Å²) in [7, 11) is 0. The third-order valence-electron chi connectivity index (χ3n) is 12.1. The molecule has 6 rings (SSSR count). The van der Waals surface area contributed by atoms with Gasteiger partial charge < -0.3 is 0 Å². The Morgan fingerprint density at radius 1 is 1.03 bits per heavy atom. The molecule has 0 amide bonds. The van der Waals surface area contributed by atoms with Crippen LogP contribution in [0.4, 0.5) is 0 Å². The van der Waals surface area contributed by atoms with Gasteiger partial charge in [0, 0.05) is 0 Å². The Kier molecular flexibility index (Phi) is 4.57. The zero-order valence-corrected chi connectivity index (χ0v) is 21.8. The Hall–Kier alpha value is -0.260. The summed E-state index contributed by atoms with van der Waals surface area (Å²) in [6.45, 7) is 20.3. The van der Waals surface area contributed by atoms with Gasteiger partial charge in [0.15, 0.2) is 0 Å². The Morgan fingerprint density at radius 3 is 2.32 bits per heavy atom. The molecule has 0 aromatic heterocycles. The molecule has 0 heterocycles. The van der Waals surface area contributed by atoms with E-state index >= 15 is 0 Å². The SMILES string of the molecule is CCCC12C3CC3[C@H](C3[C@@H](C)CC4C(=CC35C[C@@H]5C)C4C(C)C)C1C2C(C)CC(C)C. The molecule has 0 N–H and O–H groups in total. The van der Waals surface area contributed by atoms with Gasteiger partial charge >= 0.3 is 0 Å². The molecule has 0 radical (unpaired) electrons. The zero-order chi connectivity index (χ0) is 22.0. The molecule has 6 aliphatic rings. The van der Waals surface area contributed by atoms with Crippen LogP contribution in [-0.4, -0.2) is 0 Å². The number of hydrogen-bond acceptors (Lipinski definition) is 0. The monoisotopic (exact) mass is 422 g/mol. The van der Waals surface area contributed by atoms with Gasteiger partial charge in [-0.1, -0.05) is 73.5 Å². The first-order chi connectivity index (χ1) is 14.7. The van der Waals surface area contributed by atoms with E-state index in [1.54, 1.807) is 12.8 Å². The van der Waals surface area contributed by atoms with E-state index < -0.39 is 0 Å². The van der Waals surface area contributed by atoms with E-state index in [4.69, 9.17) is 0 Å². The van der Waals surface area contributed by atoms with Crippen molar-refractivity contribution >= 4 is 0 Å². The van der Waals surface area contributed by atoms with Crippen molar-refractivity contribution in [3.63, 3.8) is 0 Å². The second kappa shape index (κ2) is 6.66. The third-order valence-corrected chi connectivity index (χ3v) is 12.1. The van der Waals surface area contributed by atoms with Crippen LogP contribution in [0.2, 0.25) is 0 Å². The van der Waals surface area contributed by atoms with Crippen LogP contribution >= 0.6 is 0 Å². The third kappa shape index (κ3) is 2.72. The Labute approximate surface area is 193 Å². The second-order valence-electron chi connectivity index (χ2n) is 14.6. The maximum Gasteiger partial charge on any atom is -0.00529 e. The molecule has 6 aliphatic carbocycles. The molecule has 0 saturated heterocycles. The normalized spacial score (nSPS) is 56.6. The van der Waals surface area contributed by atoms with Crippen molar-refractivity contribution in [2.45, 2.75) is 93.9 Å². The predicted molar refractivity (Wildman–Crippen MR) is 131 cm³/mol. The fourth-order valence-electron chi connectivity index (χ4n) is 11.4. The highest BCUT2D eigenvalue weighted by atomic mass is 14.9. The molecule has 1 spiro atoms. The van der Waals surface area contributed by atoms with Crippen LogP contribution in [0.3, 0.4) is 0 Å². The van der Waals surface area contributed by atoms with E-state index in [0.717, 1.165) is 82.3 Å². The van der Waals surface area contributed by atoms with E-state index in [9.17, 15) is 0 Å². The van der Waals surface area contributed by atoms with Crippen molar-refractivity contribution in [2.24, 2.45) is 87.8 Å². The molecule has 0 nitrogen and oxygen atoms in total. The summed E-state index contributed by atoms with van der Waals surface area (Å²) in [6.07, 6.45) is 12.0. The highest BCUT2D eigenvalue weighted by Gasteiger charge is 2.84. The summed E-state index contributed by atoms with van der Waals surface area (Å²) in [5.41, 5.74) is 3.29. The molecule has 174 valence electrons. The average molecular weight is 423 g/mol. The molecule has 0 aromatic rings. The topological polar surface area (TPSA) is 0 Å². The highest BCUT2D eigenvalue weighted by Crippen LogP contribution is 2.89. The molecule has 0 aliphatic heterocycles. The molecular weight excluding hydrogens is 372 g/mol. The largest absolute Gasteiger partial charge is 0.0779 e. The van der Waals surface area contributed by atoms with Gasteiger partial charge in [0.2, 0.25) is 0 Å². The lowest BCUT2D eigenvalue weighted by molar-refractivity contribution is 0.109. The van der Waals surface area contributed by atoms with Crippen molar-refractivity contribution in [3.05, 3.63) is 11.6 Å². The standard InChI is InChI=1S/C31H50/c1-9-10-31-24-13-22(24)26(29(31)28(31)18(6)11-16(2)3)27-19(7)12-21-23(25(21)17(4)5)15-30(27)14-20(30)8/h15-22,24-29H,9-14H2,1-8H3/t18?,19-,20-,21?,22?,24?,25?,26+,27?,28?,29?,30?,31?/m0/s1. The van der Waals surface area contributed by atoms with Crippen LogP contribution in [0.5, 0.6) is 0 Å². The average Bonchev–Trinajstić information content (AvgIpc) is 3.51. The van der Waals surface area contributed by atoms with Crippen LogP contribution in [0.1, 0.15) is 93.9 Å². The number of hydrogen-bond donors (Lipinski definition) is 0. The summed E-state index contributed by atoms with van der Waals surface area (Å²) in [5.74, 6) is 12.9. The molecule has 31 heavy (non-hydrogen) atoms. The van der Waals surface area contributed by atoms with Gasteiger partial charge in [-0.15, -0.1) is 0 Å². The van der Waals surface area contributed by atoms with Crippen molar-refractivity contribution in [1.29, 1.82) is 0 Å². The molecule has 5 fully saturated rings. The Bertz CT molecular complexity index is 773. The van der Waals surface area contributed by atoms with E-state index in [1.807, 2.05) is 5.57 Å². The fourth-order valence-corrected chi connectivity index (χ4v) is 11.4. The first-order valence-corrected chi connectivity index (χ1v) is 14.4. The number of allylic oxidation sites excluding steroid dienone is 2. The summed E-state index contributed by atoms with van der Waals surface area (Å²) in [5, 5.41) is 0. The van der Waals surface area contributed by atoms with Gasteiger partial charge in [-0.3, -0.25) is 0 Å². The van der Waals surface area contributed by atoms with E-state index in [-0.39, 0.29) is 0 Å². The predicted octanol–water partition coefficient (Wildman–Crippen LogP) is 8.48. The van der Waals surface area contributed by atoms with Crippen molar-refractivity contribution in [3.8, 4) is 0 Å². The van der Waals surface area contributed by atoms with Crippen molar-refractivity contribution in [1.82, 2.24) is 0 Å². The lowest BCUT2D eigenvalue weighted by Crippen LogP contribution is -2.34. The van der Waals surface area contributed by atoms with Crippen LogP contribution < -0.4 is 0 Å². The number of fused-ring (bicyclic) bond motifs is 4. The number of rotatable bonds is 7. The summed E-state index contributed by atoms with van der Waals surface area (Å²) in [6, 6.07) is 0. The molecule has 0 bridgehead atoms. The van der Waals surface area contributed by atoms with Gasteiger partial charge in [-0.25, -0.2) is 0 Å². The molecule has 10 unspecified atom stereocenters. The van der Waals surface area contributed by atoms with Gasteiger partial charge in [0.1, 0.15) is 0 Å². The molecule has 0 heteroatoms. The molecule has 5 saturated carbocycles. The maximum absolute atomic E-state index is 2.95. The van der Waals surface area contributed by atoms with Crippen LogP contribution in [-0.2, 0) is 0 Å². The quantitative estimate of drug-likeness (QED) is 0.361. The summed E-state index contributed by atoms with van der Waals surface area (Å²) < 4.78 is 0. The van der Waals surface area contributed by atoms with Gasteiger partial charge in [0.05, 0.1) is 0 Å². The summed E-state index contributed by atoms with van der Waals surface area (Å²) in [4.78, 5) is 0.